The second-order valence-electron chi connectivity index (χ2n) is 4.98. The molecule has 3 aromatic rings. The van der Waals surface area contributed by atoms with E-state index in [2.05, 4.69) is 33.1 Å². The fraction of sp³-hybridized carbons (Fsp3) is 0.188. The van der Waals surface area contributed by atoms with Crippen molar-refractivity contribution in [1.29, 1.82) is 0 Å². The number of rotatable bonds is 3. The van der Waals surface area contributed by atoms with Crippen molar-refractivity contribution >= 4 is 22.4 Å². The van der Waals surface area contributed by atoms with E-state index in [0.717, 1.165) is 34.8 Å². The Kier molecular flexibility index (Phi) is 3.06. The molecule has 0 aliphatic rings. The molecule has 0 amide bonds. The Morgan fingerprint density at radius 3 is 2.80 bits per heavy atom. The Hall–Kier alpha value is -2.49. The lowest BCUT2D eigenvalue weighted by Crippen LogP contribution is -2.02. The fourth-order valence-corrected chi connectivity index (χ4v) is 2.33. The van der Waals surface area contributed by atoms with Crippen molar-refractivity contribution in [3.63, 3.8) is 0 Å². The molecule has 0 aliphatic heterocycles. The van der Waals surface area contributed by atoms with Gasteiger partial charge in [-0.2, -0.15) is 0 Å². The molecule has 4 nitrogen and oxygen atoms in total. The Morgan fingerprint density at radius 1 is 1.20 bits per heavy atom. The lowest BCUT2D eigenvalue weighted by Gasteiger charge is -2.09. The van der Waals surface area contributed by atoms with Crippen LogP contribution in [0.4, 0.5) is 11.4 Å². The summed E-state index contributed by atoms with van der Waals surface area (Å²) >= 11 is 0. The van der Waals surface area contributed by atoms with E-state index in [1.165, 1.54) is 5.56 Å². The van der Waals surface area contributed by atoms with Crippen LogP contribution in [0.1, 0.15) is 11.4 Å². The number of fused-ring (bicyclic) bond motifs is 1. The average Bonchev–Trinajstić information content (AvgIpc) is 2.73. The number of para-hydroxylation sites is 2. The molecule has 102 valence electrons. The van der Waals surface area contributed by atoms with Crippen LogP contribution in [0.2, 0.25) is 0 Å². The van der Waals surface area contributed by atoms with Crippen molar-refractivity contribution < 1.29 is 0 Å². The van der Waals surface area contributed by atoms with Gasteiger partial charge in [0.25, 0.3) is 0 Å². The molecular formula is C16H18N4. The number of imidazole rings is 1. The highest BCUT2D eigenvalue weighted by atomic mass is 15.0. The first-order chi connectivity index (χ1) is 9.65. The van der Waals surface area contributed by atoms with Crippen LogP contribution in [-0.4, -0.2) is 9.55 Å². The lowest BCUT2D eigenvalue weighted by molar-refractivity contribution is 0.886. The molecule has 4 heteroatoms. The summed E-state index contributed by atoms with van der Waals surface area (Å²) in [4.78, 5) is 4.56. The number of nitrogens with one attached hydrogen (secondary N) is 1. The largest absolute Gasteiger partial charge is 0.397 e. The standard InChI is InChI=1S/C16H18N4/c1-11-19-15-9-12(7-8-16(15)20(11)2)10-18-14-6-4-3-5-13(14)17/h3-9,18H,10,17H2,1-2H3. The van der Waals surface area contributed by atoms with Gasteiger partial charge in [-0.25, -0.2) is 4.98 Å². The third-order valence-electron chi connectivity index (χ3n) is 3.61. The van der Waals surface area contributed by atoms with Crippen molar-refractivity contribution in [3.05, 3.63) is 53.9 Å². The van der Waals surface area contributed by atoms with Crippen molar-refractivity contribution in [3.8, 4) is 0 Å². The van der Waals surface area contributed by atoms with Crippen LogP contribution >= 0.6 is 0 Å². The van der Waals surface area contributed by atoms with Gasteiger partial charge >= 0.3 is 0 Å². The highest BCUT2D eigenvalue weighted by Crippen LogP contribution is 2.20. The van der Waals surface area contributed by atoms with Crippen LogP contribution in [-0.2, 0) is 13.6 Å². The third kappa shape index (κ3) is 2.20. The van der Waals surface area contributed by atoms with Gasteiger partial charge in [0.1, 0.15) is 5.82 Å². The summed E-state index contributed by atoms with van der Waals surface area (Å²) in [6, 6.07) is 14.1. The van der Waals surface area contributed by atoms with Crippen LogP contribution in [0.25, 0.3) is 11.0 Å². The number of nitrogens with zero attached hydrogens (tertiary/aromatic N) is 2. The second-order valence-corrected chi connectivity index (χ2v) is 4.98. The molecule has 0 radical (unpaired) electrons. The molecule has 3 rings (SSSR count). The Labute approximate surface area is 118 Å². The van der Waals surface area contributed by atoms with E-state index < -0.39 is 0 Å². The predicted octanol–water partition coefficient (Wildman–Crippen LogP) is 3.08. The van der Waals surface area contributed by atoms with E-state index in [4.69, 9.17) is 5.73 Å². The molecule has 1 aromatic heterocycles. The van der Waals surface area contributed by atoms with Gasteiger partial charge < -0.3 is 15.6 Å². The number of anilines is 2. The maximum atomic E-state index is 5.92. The smallest absolute Gasteiger partial charge is 0.106 e. The molecule has 0 unspecified atom stereocenters. The Balaban J connectivity index is 1.83. The predicted molar refractivity (Wildman–Crippen MR) is 83.6 cm³/mol. The summed E-state index contributed by atoms with van der Waals surface area (Å²) in [6.45, 7) is 2.75. The first-order valence-corrected chi connectivity index (χ1v) is 6.65. The summed E-state index contributed by atoms with van der Waals surface area (Å²) in [5.74, 6) is 1.03. The molecule has 0 bridgehead atoms. The molecule has 0 atom stereocenters. The first kappa shape index (κ1) is 12.5. The highest BCUT2D eigenvalue weighted by Gasteiger charge is 2.05. The van der Waals surface area contributed by atoms with Gasteiger partial charge in [-0.15, -0.1) is 0 Å². The van der Waals surface area contributed by atoms with E-state index in [-0.39, 0.29) is 0 Å². The third-order valence-corrected chi connectivity index (χ3v) is 3.61. The molecular weight excluding hydrogens is 248 g/mol. The minimum absolute atomic E-state index is 0.736. The number of hydrogen-bond acceptors (Lipinski definition) is 3. The van der Waals surface area contributed by atoms with Gasteiger partial charge in [0.05, 0.1) is 22.4 Å². The van der Waals surface area contributed by atoms with E-state index in [0.29, 0.717) is 0 Å². The van der Waals surface area contributed by atoms with Crippen molar-refractivity contribution in [2.75, 3.05) is 11.1 Å². The monoisotopic (exact) mass is 266 g/mol. The average molecular weight is 266 g/mol. The molecule has 0 aliphatic carbocycles. The number of nitrogens with two attached hydrogens (primary N) is 1. The molecule has 1 heterocycles. The van der Waals surface area contributed by atoms with Gasteiger partial charge in [0, 0.05) is 13.6 Å². The van der Waals surface area contributed by atoms with Crippen LogP contribution in [0.15, 0.2) is 42.5 Å². The minimum atomic E-state index is 0.736. The number of nitrogen functional groups attached to an aromatic ring is 1. The van der Waals surface area contributed by atoms with Crippen molar-refractivity contribution in [2.24, 2.45) is 7.05 Å². The zero-order valence-corrected chi connectivity index (χ0v) is 11.7. The number of aromatic nitrogens is 2. The summed E-state index contributed by atoms with van der Waals surface area (Å²) < 4.78 is 2.10. The quantitative estimate of drug-likeness (QED) is 0.716. The number of hydrogen-bond donors (Lipinski definition) is 2. The SMILES string of the molecule is Cc1nc2cc(CNc3ccccc3N)ccc2n1C. The van der Waals surface area contributed by atoms with Crippen LogP contribution < -0.4 is 11.1 Å². The normalized spacial score (nSPS) is 10.9. The molecule has 0 fully saturated rings. The molecule has 2 aromatic carbocycles. The molecule has 3 N–H and O–H groups in total. The van der Waals surface area contributed by atoms with E-state index in [1.54, 1.807) is 0 Å². The van der Waals surface area contributed by atoms with Crippen LogP contribution in [0, 0.1) is 6.92 Å². The minimum Gasteiger partial charge on any atom is -0.397 e. The van der Waals surface area contributed by atoms with E-state index >= 15 is 0 Å². The highest BCUT2D eigenvalue weighted by molar-refractivity contribution is 5.77. The van der Waals surface area contributed by atoms with Gasteiger partial charge in [-0.05, 0) is 36.8 Å². The fourth-order valence-electron chi connectivity index (χ4n) is 2.33. The summed E-state index contributed by atoms with van der Waals surface area (Å²) in [7, 11) is 2.03. The number of aryl methyl sites for hydroxylation is 2. The molecule has 0 spiro atoms. The van der Waals surface area contributed by atoms with Gasteiger partial charge in [0.15, 0.2) is 0 Å². The lowest BCUT2D eigenvalue weighted by atomic mass is 10.2. The van der Waals surface area contributed by atoms with Crippen molar-refractivity contribution in [2.45, 2.75) is 13.5 Å². The zero-order chi connectivity index (χ0) is 14.1. The summed E-state index contributed by atoms with van der Waals surface area (Å²) in [6.07, 6.45) is 0. The van der Waals surface area contributed by atoms with Crippen LogP contribution in [0.5, 0.6) is 0 Å². The Bertz CT molecular complexity index is 758. The van der Waals surface area contributed by atoms with Gasteiger partial charge in [-0.3, -0.25) is 0 Å². The first-order valence-electron chi connectivity index (χ1n) is 6.65. The molecule has 20 heavy (non-hydrogen) atoms. The Morgan fingerprint density at radius 2 is 2.00 bits per heavy atom. The van der Waals surface area contributed by atoms with Crippen LogP contribution in [0.3, 0.4) is 0 Å². The van der Waals surface area contributed by atoms with Gasteiger partial charge in [-0.1, -0.05) is 18.2 Å². The van der Waals surface area contributed by atoms with E-state index in [1.807, 2.05) is 38.2 Å². The maximum Gasteiger partial charge on any atom is 0.106 e. The van der Waals surface area contributed by atoms with E-state index in [9.17, 15) is 0 Å². The van der Waals surface area contributed by atoms with Crippen molar-refractivity contribution in [1.82, 2.24) is 9.55 Å². The molecule has 0 saturated heterocycles. The second kappa shape index (κ2) is 4.89. The van der Waals surface area contributed by atoms with Gasteiger partial charge in [0.2, 0.25) is 0 Å². The maximum absolute atomic E-state index is 5.92. The number of benzene rings is 2. The zero-order valence-electron chi connectivity index (χ0n) is 11.7. The topological polar surface area (TPSA) is 55.9 Å². The molecule has 0 saturated carbocycles. The summed E-state index contributed by atoms with van der Waals surface area (Å²) in [5.41, 5.74) is 11.0. The summed E-state index contributed by atoms with van der Waals surface area (Å²) in [5, 5.41) is 3.36.